The molecular weight excluding hydrogens is 820 g/mol. The number of hydrogen-bond donors (Lipinski definition) is 5. The number of ether oxygens (including phenoxy) is 4. The first-order valence-corrected chi connectivity index (χ1v) is 19.7. The number of phenols is 2. The standard InChI is InChI=1S/C18H19N3O6S.C10H14N2O3.C8H6ClNO3S.CH4/c1-26-15-5-3-4-13-17(15)28(24,25)20-18(13)21(8-9-22)19-11-12-6-7-14(23)16(10-12)27-2;1-15-10-6-8(2-3-9(10)14)7-12-11-4-5-13;1-13-6-4-2-3-5-7(6)14(11,12)10-8(5)9;/h3-7,10-11,22-23H,8-9H2,1-2H3;2-3,6-7,11,13-14H,4-5H2,1H3;2-4H,1H3;1H4/b19-11+;12-7+;;. The number of aliphatic hydroxyl groups is 2. The Morgan fingerprint density at radius 1 is 0.707 bits per heavy atom. The molecule has 2 heterocycles. The predicted octanol–water partition coefficient (Wildman–Crippen LogP) is 3.52. The first kappa shape index (κ1) is 46.5. The molecule has 0 saturated heterocycles. The van der Waals surface area contributed by atoms with Crippen molar-refractivity contribution in [3.63, 3.8) is 0 Å². The van der Waals surface area contributed by atoms with Crippen LogP contribution in [0.15, 0.2) is 102 Å². The summed E-state index contributed by atoms with van der Waals surface area (Å²) in [6.45, 7) is 0.202. The molecule has 0 aromatic heterocycles. The minimum atomic E-state index is -3.95. The average molecular weight is 863 g/mol. The molecule has 4 aromatic rings. The monoisotopic (exact) mass is 862 g/mol. The minimum absolute atomic E-state index is 0. The number of halogens is 1. The van der Waals surface area contributed by atoms with E-state index in [0.29, 0.717) is 29.0 Å². The van der Waals surface area contributed by atoms with Crippen LogP contribution < -0.4 is 24.4 Å². The van der Waals surface area contributed by atoms with Crippen molar-refractivity contribution >= 4 is 55.1 Å². The van der Waals surface area contributed by atoms with E-state index in [-0.39, 0.29) is 76.7 Å². The maximum atomic E-state index is 12.5. The van der Waals surface area contributed by atoms with Crippen LogP contribution in [0.1, 0.15) is 29.7 Å². The van der Waals surface area contributed by atoms with Crippen molar-refractivity contribution in [2.24, 2.45) is 19.0 Å². The van der Waals surface area contributed by atoms with E-state index in [2.05, 4.69) is 24.4 Å². The van der Waals surface area contributed by atoms with Crippen LogP contribution in [0, 0.1) is 0 Å². The molecule has 58 heavy (non-hydrogen) atoms. The molecule has 5 N–H and O–H groups in total. The van der Waals surface area contributed by atoms with Gasteiger partial charge in [0.1, 0.15) is 21.3 Å². The number of fused-ring (bicyclic) bond motifs is 2. The van der Waals surface area contributed by atoms with E-state index < -0.39 is 20.0 Å². The highest BCUT2D eigenvalue weighted by molar-refractivity contribution is 7.91. The Labute approximate surface area is 341 Å². The molecule has 6 rings (SSSR count). The smallest absolute Gasteiger partial charge is 0.288 e. The molecular formula is C37H43ClN6O12S2. The number of methoxy groups -OCH3 is 4. The largest absolute Gasteiger partial charge is 0.504 e. The second-order valence-corrected chi connectivity index (χ2v) is 14.7. The van der Waals surface area contributed by atoms with Gasteiger partial charge in [-0.2, -0.15) is 27.0 Å². The van der Waals surface area contributed by atoms with Gasteiger partial charge in [-0.1, -0.05) is 37.2 Å². The zero-order valence-corrected chi connectivity index (χ0v) is 33.3. The van der Waals surface area contributed by atoms with Crippen LogP contribution in [-0.2, 0) is 20.0 Å². The van der Waals surface area contributed by atoms with E-state index in [9.17, 15) is 32.2 Å². The van der Waals surface area contributed by atoms with Gasteiger partial charge in [-0.25, -0.2) is 5.01 Å². The van der Waals surface area contributed by atoms with Crippen molar-refractivity contribution in [1.82, 2.24) is 10.4 Å². The van der Waals surface area contributed by atoms with E-state index in [4.69, 9.17) is 35.7 Å². The number of nitrogens with zero attached hydrogens (tertiary/aromatic N) is 5. The Bertz CT molecular complexity index is 2410. The fraction of sp³-hybridized carbons (Fsp3) is 0.243. The highest BCUT2D eigenvalue weighted by Gasteiger charge is 2.35. The Morgan fingerprint density at radius 3 is 1.72 bits per heavy atom. The minimum Gasteiger partial charge on any atom is -0.504 e. The number of aromatic hydroxyl groups is 2. The van der Waals surface area contributed by atoms with Crippen LogP contribution in [0.25, 0.3) is 0 Å². The second-order valence-electron chi connectivity index (χ2n) is 11.3. The van der Waals surface area contributed by atoms with Crippen molar-refractivity contribution in [1.29, 1.82) is 0 Å². The Hall–Kier alpha value is -5.93. The van der Waals surface area contributed by atoms with Gasteiger partial charge >= 0.3 is 0 Å². The molecule has 0 unspecified atom stereocenters. The average Bonchev–Trinajstić information content (AvgIpc) is 3.63. The lowest BCUT2D eigenvalue weighted by Gasteiger charge is -2.17. The van der Waals surface area contributed by atoms with Crippen LogP contribution in [0.5, 0.6) is 34.5 Å². The lowest BCUT2D eigenvalue weighted by atomic mass is 10.2. The van der Waals surface area contributed by atoms with Crippen molar-refractivity contribution in [3.8, 4) is 34.5 Å². The fourth-order valence-corrected chi connectivity index (χ4v) is 8.14. The third-order valence-corrected chi connectivity index (χ3v) is 10.7. The number of amidine groups is 1. The van der Waals surface area contributed by atoms with Crippen LogP contribution in [0.4, 0.5) is 0 Å². The molecule has 312 valence electrons. The van der Waals surface area contributed by atoms with E-state index >= 15 is 0 Å². The summed E-state index contributed by atoms with van der Waals surface area (Å²) in [4.78, 5) is 0.0180. The summed E-state index contributed by atoms with van der Waals surface area (Å²) in [5.41, 5.74) is 4.79. The molecule has 21 heteroatoms. The van der Waals surface area contributed by atoms with Gasteiger partial charge in [-0.05, 0) is 65.7 Å². The van der Waals surface area contributed by atoms with Crippen LogP contribution >= 0.6 is 11.6 Å². The number of hydrogen-bond acceptors (Lipinski definition) is 16. The highest BCUT2D eigenvalue weighted by atomic mass is 35.5. The summed E-state index contributed by atoms with van der Waals surface area (Å²) in [5, 5.41) is 46.3. The summed E-state index contributed by atoms with van der Waals surface area (Å²) in [6, 6.07) is 19.2. The number of nitrogens with one attached hydrogen (secondary N) is 1. The summed E-state index contributed by atoms with van der Waals surface area (Å²) in [7, 11) is -1.92. The zero-order valence-electron chi connectivity index (χ0n) is 30.9. The summed E-state index contributed by atoms with van der Waals surface area (Å²) < 4.78 is 75.2. The molecule has 0 amide bonds. The molecule has 0 bridgehead atoms. The number of aliphatic hydroxyl groups excluding tert-OH is 2. The zero-order chi connectivity index (χ0) is 41.8. The molecule has 18 nitrogen and oxygen atoms in total. The number of hydrazone groups is 2. The topological polar surface area (TPSA) is 251 Å². The maximum Gasteiger partial charge on any atom is 0.288 e. The molecule has 0 atom stereocenters. The molecule has 4 aromatic carbocycles. The van der Waals surface area contributed by atoms with E-state index in [1.54, 1.807) is 60.8 Å². The molecule has 0 saturated carbocycles. The molecule has 2 aliphatic rings. The van der Waals surface area contributed by atoms with Crippen molar-refractivity contribution in [3.05, 3.63) is 95.1 Å². The van der Waals surface area contributed by atoms with E-state index in [1.807, 2.05) is 0 Å². The van der Waals surface area contributed by atoms with Gasteiger partial charge in [0, 0.05) is 11.1 Å². The van der Waals surface area contributed by atoms with Crippen molar-refractivity contribution < 1.29 is 56.2 Å². The van der Waals surface area contributed by atoms with Crippen molar-refractivity contribution in [2.75, 3.05) is 54.7 Å². The molecule has 0 radical (unpaired) electrons. The van der Waals surface area contributed by atoms with Crippen LogP contribution in [-0.4, -0.2) is 120 Å². The number of sulfonamides is 2. The van der Waals surface area contributed by atoms with Gasteiger partial charge in [0.2, 0.25) is 0 Å². The first-order chi connectivity index (χ1) is 27.2. The Balaban J connectivity index is 0.000000253. The normalized spacial score (nSPS) is 14.0. The summed E-state index contributed by atoms with van der Waals surface area (Å²) in [6.07, 6.45) is 3.03. The predicted molar refractivity (Wildman–Crippen MR) is 219 cm³/mol. The van der Waals surface area contributed by atoms with Gasteiger partial charge in [0.15, 0.2) is 34.0 Å². The first-order valence-electron chi connectivity index (χ1n) is 16.5. The van der Waals surface area contributed by atoms with Gasteiger partial charge in [0.25, 0.3) is 20.0 Å². The molecule has 0 aliphatic carbocycles. The van der Waals surface area contributed by atoms with Crippen LogP contribution in [0.2, 0.25) is 0 Å². The van der Waals surface area contributed by atoms with E-state index in [0.717, 1.165) is 5.56 Å². The highest BCUT2D eigenvalue weighted by Crippen LogP contribution is 2.36. The Kier molecular flexibility index (Phi) is 16.8. The molecule has 2 aliphatic heterocycles. The van der Waals surface area contributed by atoms with Gasteiger partial charge in [0.05, 0.1) is 67.2 Å². The number of rotatable bonds is 12. The van der Waals surface area contributed by atoms with Gasteiger partial charge in [-0.15, -0.1) is 8.80 Å². The van der Waals surface area contributed by atoms with E-state index in [1.165, 1.54) is 57.9 Å². The fourth-order valence-electron chi connectivity index (χ4n) is 5.05. The van der Waals surface area contributed by atoms with Crippen LogP contribution in [0.3, 0.4) is 0 Å². The molecule has 0 spiro atoms. The third-order valence-electron chi connectivity index (χ3n) is 7.62. The van der Waals surface area contributed by atoms with Gasteiger partial charge < -0.3 is 44.8 Å². The molecule has 0 fully saturated rings. The number of benzene rings is 4. The van der Waals surface area contributed by atoms with Gasteiger partial charge in [-0.3, -0.25) is 0 Å². The summed E-state index contributed by atoms with van der Waals surface area (Å²) in [5.74, 6) is 1.30. The SMILES string of the molecule is C.COc1cc(/C=N/N(CCO)C2=NS(=O)(=O)c3c(OC)cccc32)ccc1O.COc1cc(/C=N/NCCO)ccc1O.COc1cccc2c1S(=O)(=O)N=C2Cl. The van der Waals surface area contributed by atoms with Crippen molar-refractivity contribution in [2.45, 2.75) is 17.2 Å². The lowest BCUT2D eigenvalue weighted by Crippen LogP contribution is -2.29. The lowest BCUT2D eigenvalue weighted by molar-refractivity contribution is 0.254. The maximum absolute atomic E-state index is 12.5. The third kappa shape index (κ3) is 11.1. The second kappa shape index (κ2) is 21.0. The summed E-state index contributed by atoms with van der Waals surface area (Å²) >= 11 is 5.67. The Morgan fingerprint density at radius 2 is 1.21 bits per heavy atom. The quantitative estimate of drug-likeness (QED) is 0.0777. The number of phenolic OH excluding ortho intramolecular Hbond substituents is 2.